The maximum absolute atomic E-state index is 12.9. The number of likely N-dealkylation sites (tertiary alicyclic amines) is 1. The van der Waals surface area contributed by atoms with E-state index in [1.807, 2.05) is 12.1 Å². The first kappa shape index (κ1) is 20.0. The number of aromatic amines is 1. The zero-order valence-electron chi connectivity index (χ0n) is 16.5. The second kappa shape index (κ2) is 7.65. The van der Waals surface area contributed by atoms with Gasteiger partial charge in [-0.25, -0.2) is 8.42 Å². The predicted molar refractivity (Wildman–Crippen MR) is 117 cm³/mol. The molecule has 1 fully saturated rings. The van der Waals surface area contributed by atoms with Gasteiger partial charge < -0.3 is 4.90 Å². The molecular formula is C21H20ClN5O3S. The lowest BCUT2D eigenvalue weighted by Gasteiger charge is -2.21. The third kappa shape index (κ3) is 3.90. The molecule has 160 valence electrons. The molecule has 0 spiro atoms. The highest BCUT2D eigenvalue weighted by atomic mass is 35.5. The molecule has 1 aromatic heterocycles. The van der Waals surface area contributed by atoms with Gasteiger partial charge in [0.25, 0.3) is 5.91 Å². The van der Waals surface area contributed by atoms with Gasteiger partial charge >= 0.3 is 0 Å². The molecule has 2 aliphatic rings. The minimum absolute atomic E-state index is 0.0181. The number of H-pyrrole nitrogens is 1. The van der Waals surface area contributed by atoms with Gasteiger partial charge in [-0.15, -0.1) is 5.10 Å². The van der Waals surface area contributed by atoms with E-state index in [-0.39, 0.29) is 17.6 Å². The maximum atomic E-state index is 12.9. The van der Waals surface area contributed by atoms with Crippen LogP contribution in [-0.4, -0.2) is 64.3 Å². The number of nitrogens with zero attached hydrogens (tertiary/aromatic N) is 4. The number of nitrogens with one attached hydrogen (secondary N) is 1. The summed E-state index contributed by atoms with van der Waals surface area (Å²) in [5.41, 5.74) is 3.83. The molecule has 3 heterocycles. The molecule has 3 aromatic rings. The van der Waals surface area contributed by atoms with Crippen LogP contribution in [0, 0.1) is 5.92 Å². The highest BCUT2D eigenvalue weighted by Crippen LogP contribution is 2.32. The summed E-state index contributed by atoms with van der Waals surface area (Å²) in [7, 11) is -3.43. The molecule has 5 rings (SSSR count). The zero-order chi connectivity index (χ0) is 21.6. The van der Waals surface area contributed by atoms with Crippen molar-refractivity contribution in [1.82, 2.24) is 24.6 Å². The van der Waals surface area contributed by atoms with Crippen LogP contribution < -0.4 is 0 Å². The minimum Gasteiger partial charge on any atom is -0.334 e. The average Bonchev–Trinajstić information content (AvgIpc) is 3.46. The van der Waals surface area contributed by atoms with Crippen LogP contribution in [0.3, 0.4) is 0 Å². The lowest BCUT2D eigenvalue weighted by Crippen LogP contribution is -2.34. The number of aromatic nitrogens is 3. The summed E-state index contributed by atoms with van der Waals surface area (Å²) in [5.74, 6) is -0.0410. The highest BCUT2D eigenvalue weighted by Gasteiger charge is 2.39. The summed E-state index contributed by atoms with van der Waals surface area (Å²) in [6.45, 7) is 1.31. The second-order valence-electron chi connectivity index (χ2n) is 7.90. The molecule has 1 amide bonds. The van der Waals surface area contributed by atoms with E-state index in [0.29, 0.717) is 42.2 Å². The lowest BCUT2D eigenvalue weighted by molar-refractivity contribution is 0.0787. The SMILES string of the molecule is O=C(c1ccc2[nH]nnc2c1)N1CC2=CN(S(=O)(=O)CCc3cccc(Cl)c3)C[C@@H]2C1. The third-order valence-electron chi connectivity index (χ3n) is 5.80. The van der Waals surface area contributed by atoms with Gasteiger partial charge in [0.05, 0.1) is 11.3 Å². The van der Waals surface area contributed by atoms with Crippen molar-refractivity contribution in [1.29, 1.82) is 0 Å². The quantitative estimate of drug-likeness (QED) is 0.634. The Bertz CT molecular complexity index is 1300. The molecule has 2 aromatic carbocycles. The predicted octanol–water partition coefficient (Wildman–Crippen LogP) is 2.46. The van der Waals surface area contributed by atoms with Crippen LogP contribution >= 0.6 is 11.6 Å². The van der Waals surface area contributed by atoms with Crippen LogP contribution in [0.4, 0.5) is 0 Å². The number of sulfonamides is 1. The Labute approximate surface area is 184 Å². The van der Waals surface area contributed by atoms with Crippen molar-refractivity contribution in [3.63, 3.8) is 0 Å². The van der Waals surface area contributed by atoms with Crippen molar-refractivity contribution in [2.75, 3.05) is 25.4 Å². The standard InChI is InChI=1S/C21H20ClN5O3S/c22-18-3-1-2-14(8-18)6-7-31(29,30)27-12-16-10-26(11-17(16)13-27)21(28)15-4-5-19-20(9-15)24-25-23-19/h1-5,8-9,12,17H,6-7,10-11,13H2,(H,23,24,25)/t17-/m0/s1. The van der Waals surface area contributed by atoms with Gasteiger partial charge in [0.1, 0.15) is 5.52 Å². The summed E-state index contributed by atoms with van der Waals surface area (Å²) in [4.78, 5) is 14.7. The van der Waals surface area contributed by atoms with Crippen LogP contribution in [-0.2, 0) is 16.4 Å². The topological polar surface area (TPSA) is 99.3 Å². The van der Waals surface area contributed by atoms with Crippen molar-refractivity contribution in [3.05, 3.63) is 70.4 Å². The number of hydrogen-bond donors (Lipinski definition) is 1. The van der Waals surface area contributed by atoms with Gasteiger partial charge in [0, 0.05) is 42.3 Å². The largest absolute Gasteiger partial charge is 0.334 e. The Hall–Kier alpha value is -2.91. The summed E-state index contributed by atoms with van der Waals surface area (Å²) in [6.07, 6.45) is 2.11. The molecule has 0 saturated carbocycles. The molecule has 0 aliphatic carbocycles. The molecule has 0 bridgehead atoms. The Kier molecular flexibility index (Phi) is 4.94. The number of aryl methyl sites for hydroxylation is 1. The van der Waals surface area contributed by atoms with Gasteiger partial charge in [-0.1, -0.05) is 28.9 Å². The Morgan fingerprint density at radius 2 is 2.06 bits per heavy atom. The van der Waals surface area contributed by atoms with Gasteiger partial charge in [-0.2, -0.15) is 0 Å². The smallest absolute Gasteiger partial charge is 0.254 e. The van der Waals surface area contributed by atoms with Crippen molar-refractivity contribution < 1.29 is 13.2 Å². The van der Waals surface area contributed by atoms with E-state index in [4.69, 9.17) is 11.6 Å². The molecule has 0 radical (unpaired) electrons. The number of benzene rings is 2. The van der Waals surface area contributed by atoms with E-state index in [1.54, 1.807) is 41.4 Å². The summed E-state index contributed by atoms with van der Waals surface area (Å²) >= 11 is 5.98. The van der Waals surface area contributed by atoms with Crippen molar-refractivity contribution >= 4 is 38.6 Å². The highest BCUT2D eigenvalue weighted by molar-refractivity contribution is 7.89. The summed E-state index contributed by atoms with van der Waals surface area (Å²) in [5, 5.41) is 11.1. The Morgan fingerprint density at radius 3 is 2.87 bits per heavy atom. The molecule has 31 heavy (non-hydrogen) atoms. The molecule has 2 aliphatic heterocycles. The van der Waals surface area contributed by atoms with Gasteiger partial charge in [0.2, 0.25) is 10.0 Å². The van der Waals surface area contributed by atoms with Crippen LogP contribution in [0.25, 0.3) is 11.0 Å². The fourth-order valence-electron chi connectivity index (χ4n) is 4.14. The Balaban J connectivity index is 1.25. The van der Waals surface area contributed by atoms with E-state index < -0.39 is 10.0 Å². The molecule has 1 N–H and O–H groups in total. The van der Waals surface area contributed by atoms with Crippen LogP contribution in [0.1, 0.15) is 15.9 Å². The summed E-state index contributed by atoms with van der Waals surface area (Å²) in [6, 6.07) is 12.5. The number of carbonyl (C=O) groups excluding carboxylic acids is 1. The number of amides is 1. The molecule has 8 nitrogen and oxygen atoms in total. The Morgan fingerprint density at radius 1 is 1.19 bits per heavy atom. The van der Waals surface area contributed by atoms with Gasteiger partial charge in [-0.3, -0.25) is 14.2 Å². The number of rotatable bonds is 5. The minimum atomic E-state index is -3.43. The van der Waals surface area contributed by atoms with Crippen molar-refractivity contribution in [2.45, 2.75) is 6.42 Å². The van der Waals surface area contributed by atoms with Crippen molar-refractivity contribution in [3.8, 4) is 0 Å². The van der Waals surface area contributed by atoms with Crippen LogP contribution in [0.2, 0.25) is 5.02 Å². The van der Waals surface area contributed by atoms with E-state index in [0.717, 1.165) is 16.7 Å². The second-order valence-corrected chi connectivity index (χ2v) is 10.4. The number of fused-ring (bicyclic) bond motifs is 2. The first-order valence-electron chi connectivity index (χ1n) is 9.94. The molecule has 1 saturated heterocycles. The maximum Gasteiger partial charge on any atom is 0.254 e. The van der Waals surface area contributed by atoms with E-state index in [1.165, 1.54) is 4.31 Å². The van der Waals surface area contributed by atoms with Crippen molar-refractivity contribution in [2.24, 2.45) is 5.92 Å². The normalized spacial score (nSPS) is 18.5. The number of carbonyl (C=O) groups is 1. The molecule has 1 atom stereocenters. The van der Waals surface area contributed by atoms with Crippen LogP contribution in [0.5, 0.6) is 0 Å². The average molecular weight is 458 g/mol. The molecule has 0 unspecified atom stereocenters. The number of hydrogen-bond acceptors (Lipinski definition) is 5. The number of halogens is 1. The molecule has 10 heteroatoms. The van der Waals surface area contributed by atoms with E-state index in [9.17, 15) is 13.2 Å². The molecular weight excluding hydrogens is 438 g/mol. The van der Waals surface area contributed by atoms with E-state index in [2.05, 4.69) is 15.4 Å². The fourth-order valence-corrected chi connectivity index (χ4v) is 5.78. The monoisotopic (exact) mass is 457 g/mol. The third-order valence-corrected chi connectivity index (χ3v) is 7.73. The van der Waals surface area contributed by atoms with E-state index >= 15 is 0 Å². The lowest BCUT2D eigenvalue weighted by atomic mass is 10.1. The van der Waals surface area contributed by atoms with Gasteiger partial charge in [-0.05, 0) is 47.9 Å². The van der Waals surface area contributed by atoms with Crippen LogP contribution in [0.15, 0.2) is 54.2 Å². The first-order valence-corrected chi connectivity index (χ1v) is 11.9. The summed E-state index contributed by atoms with van der Waals surface area (Å²) < 4.78 is 27.1. The zero-order valence-corrected chi connectivity index (χ0v) is 18.1. The van der Waals surface area contributed by atoms with Gasteiger partial charge in [0.15, 0.2) is 0 Å². The first-order chi connectivity index (χ1) is 14.9. The fraction of sp³-hybridized carbons (Fsp3) is 0.286.